The van der Waals surface area contributed by atoms with Gasteiger partial charge in [-0.3, -0.25) is 10.0 Å². The zero-order valence-corrected chi connectivity index (χ0v) is 13.7. The summed E-state index contributed by atoms with van der Waals surface area (Å²) >= 11 is 0. The fourth-order valence-electron chi connectivity index (χ4n) is 3.35. The molecule has 1 saturated heterocycles. The number of ether oxygens (including phenoxy) is 1. The van der Waals surface area contributed by atoms with Crippen molar-refractivity contribution in [2.75, 3.05) is 13.2 Å². The molecule has 0 bridgehead atoms. The zero-order valence-electron chi connectivity index (χ0n) is 13.7. The molecule has 2 N–H and O–H groups in total. The van der Waals surface area contributed by atoms with Crippen molar-refractivity contribution in [3.8, 4) is 11.1 Å². The first-order chi connectivity index (χ1) is 11.7. The molecule has 24 heavy (non-hydrogen) atoms. The maximum atomic E-state index is 12.1. The summed E-state index contributed by atoms with van der Waals surface area (Å²) in [6, 6.07) is 18.7. The molecule has 1 aliphatic heterocycles. The summed E-state index contributed by atoms with van der Waals surface area (Å²) in [5.41, 5.74) is 4.91. The quantitative estimate of drug-likeness (QED) is 0.652. The van der Waals surface area contributed by atoms with E-state index in [1.165, 1.54) is 16.7 Å². The molecular formula is C20H23NO3. The van der Waals surface area contributed by atoms with Gasteiger partial charge in [0.2, 0.25) is 5.91 Å². The average molecular weight is 325 g/mol. The summed E-state index contributed by atoms with van der Waals surface area (Å²) in [6.07, 6.45) is 2.83. The summed E-state index contributed by atoms with van der Waals surface area (Å²) in [7, 11) is 0. The van der Waals surface area contributed by atoms with E-state index >= 15 is 0 Å². The molecule has 0 unspecified atom stereocenters. The van der Waals surface area contributed by atoms with Crippen molar-refractivity contribution in [3.05, 3.63) is 60.2 Å². The summed E-state index contributed by atoms with van der Waals surface area (Å²) < 4.78 is 5.37. The van der Waals surface area contributed by atoms with E-state index in [1.54, 1.807) is 0 Å². The van der Waals surface area contributed by atoms with Gasteiger partial charge in [0.05, 0.1) is 5.41 Å². The minimum Gasteiger partial charge on any atom is -0.381 e. The van der Waals surface area contributed by atoms with Gasteiger partial charge in [-0.05, 0) is 42.4 Å². The van der Waals surface area contributed by atoms with Crippen molar-refractivity contribution >= 4 is 5.91 Å². The Balaban J connectivity index is 1.68. The predicted octanol–water partition coefficient (Wildman–Crippen LogP) is 3.59. The summed E-state index contributed by atoms with van der Waals surface area (Å²) in [6.45, 7) is 1.14. The average Bonchev–Trinajstić information content (AvgIpc) is 2.67. The topological polar surface area (TPSA) is 58.6 Å². The molecule has 126 valence electrons. The molecule has 1 amide bonds. The Kier molecular flexibility index (Phi) is 5.28. The second-order valence-corrected chi connectivity index (χ2v) is 6.40. The summed E-state index contributed by atoms with van der Waals surface area (Å²) in [5.74, 6) is -0.285. The lowest BCUT2D eigenvalue weighted by molar-refractivity contribution is -0.146. The van der Waals surface area contributed by atoms with E-state index in [-0.39, 0.29) is 5.91 Å². The van der Waals surface area contributed by atoms with Gasteiger partial charge >= 0.3 is 0 Å². The van der Waals surface area contributed by atoms with Crippen LogP contribution in [0.15, 0.2) is 54.6 Å². The first-order valence-electron chi connectivity index (χ1n) is 8.40. The highest BCUT2D eigenvalue weighted by atomic mass is 16.5. The minimum absolute atomic E-state index is 0.285. The molecule has 1 heterocycles. The van der Waals surface area contributed by atoms with Gasteiger partial charge in [0.25, 0.3) is 0 Å². The SMILES string of the molecule is O=C(NO)C1(CCc2ccc(-c3ccccc3)cc2)CCOCC1. The Labute approximate surface area is 142 Å². The number of amides is 1. The molecule has 0 aromatic heterocycles. The number of aryl methyl sites for hydroxylation is 1. The zero-order chi connectivity index (χ0) is 16.8. The van der Waals surface area contributed by atoms with Crippen LogP contribution in [0.1, 0.15) is 24.8 Å². The van der Waals surface area contributed by atoms with Crippen LogP contribution in [0, 0.1) is 5.41 Å². The molecule has 2 aromatic carbocycles. The van der Waals surface area contributed by atoms with Crippen LogP contribution in [-0.2, 0) is 16.0 Å². The lowest BCUT2D eigenvalue weighted by Crippen LogP contribution is -2.43. The van der Waals surface area contributed by atoms with Crippen LogP contribution in [0.4, 0.5) is 0 Å². The van der Waals surface area contributed by atoms with Crippen molar-refractivity contribution < 1.29 is 14.7 Å². The fourth-order valence-corrected chi connectivity index (χ4v) is 3.35. The van der Waals surface area contributed by atoms with Crippen LogP contribution >= 0.6 is 0 Å². The number of hydrogen-bond acceptors (Lipinski definition) is 3. The Morgan fingerprint density at radius 1 is 1.00 bits per heavy atom. The predicted molar refractivity (Wildman–Crippen MR) is 92.6 cm³/mol. The monoisotopic (exact) mass is 325 g/mol. The molecule has 1 fully saturated rings. The van der Waals surface area contributed by atoms with E-state index < -0.39 is 5.41 Å². The van der Waals surface area contributed by atoms with E-state index in [0.29, 0.717) is 32.5 Å². The molecule has 0 saturated carbocycles. The molecule has 2 aromatic rings. The first-order valence-corrected chi connectivity index (χ1v) is 8.40. The van der Waals surface area contributed by atoms with Gasteiger partial charge < -0.3 is 4.74 Å². The van der Waals surface area contributed by atoms with Crippen LogP contribution in [0.25, 0.3) is 11.1 Å². The molecule has 0 aliphatic carbocycles. The van der Waals surface area contributed by atoms with Crippen LogP contribution < -0.4 is 5.48 Å². The molecular weight excluding hydrogens is 302 g/mol. The molecule has 4 heteroatoms. The van der Waals surface area contributed by atoms with Gasteiger partial charge in [0.1, 0.15) is 0 Å². The summed E-state index contributed by atoms with van der Waals surface area (Å²) in [4.78, 5) is 12.1. The maximum absolute atomic E-state index is 12.1. The van der Waals surface area contributed by atoms with Crippen LogP contribution in [-0.4, -0.2) is 24.3 Å². The van der Waals surface area contributed by atoms with Gasteiger partial charge in [-0.1, -0.05) is 54.6 Å². The molecule has 3 rings (SSSR count). The normalized spacial score (nSPS) is 16.5. The second-order valence-electron chi connectivity index (χ2n) is 6.40. The molecule has 0 atom stereocenters. The van der Waals surface area contributed by atoms with Crippen molar-refractivity contribution in [1.29, 1.82) is 0 Å². The molecule has 0 radical (unpaired) electrons. The highest BCUT2D eigenvalue weighted by Gasteiger charge is 2.39. The van der Waals surface area contributed by atoms with E-state index in [1.807, 2.05) is 23.7 Å². The summed E-state index contributed by atoms with van der Waals surface area (Å²) in [5, 5.41) is 9.07. The van der Waals surface area contributed by atoms with Crippen molar-refractivity contribution in [2.45, 2.75) is 25.7 Å². The Morgan fingerprint density at radius 2 is 1.62 bits per heavy atom. The largest absolute Gasteiger partial charge is 0.381 e. The molecule has 4 nitrogen and oxygen atoms in total. The van der Waals surface area contributed by atoms with Crippen LogP contribution in [0.3, 0.4) is 0 Å². The lowest BCUT2D eigenvalue weighted by Gasteiger charge is -2.35. The standard InChI is InChI=1S/C20H23NO3/c22-19(21-23)20(12-14-24-15-13-20)11-10-16-6-8-18(9-7-16)17-4-2-1-3-5-17/h1-9,23H,10-15H2,(H,21,22). The van der Waals surface area contributed by atoms with Crippen molar-refractivity contribution in [2.24, 2.45) is 5.41 Å². The fraction of sp³-hybridized carbons (Fsp3) is 0.350. The number of rotatable bonds is 5. The third kappa shape index (κ3) is 3.66. The number of carbonyl (C=O) groups is 1. The number of hydroxylamine groups is 1. The number of benzene rings is 2. The van der Waals surface area contributed by atoms with Crippen molar-refractivity contribution in [3.63, 3.8) is 0 Å². The van der Waals surface area contributed by atoms with E-state index in [0.717, 1.165) is 6.42 Å². The van der Waals surface area contributed by atoms with Gasteiger partial charge in [0.15, 0.2) is 0 Å². The first kappa shape index (κ1) is 16.7. The Morgan fingerprint density at radius 3 is 2.25 bits per heavy atom. The number of hydrogen-bond donors (Lipinski definition) is 2. The Hall–Kier alpha value is -2.17. The van der Waals surface area contributed by atoms with Crippen LogP contribution in [0.5, 0.6) is 0 Å². The molecule has 0 spiro atoms. The highest BCUT2D eigenvalue weighted by Crippen LogP contribution is 2.36. The highest BCUT2D eigenvalue weighted by molar-refractivity contribution is 5.81. The number of nitrogens with one attached hydrogen (secondary N) is 1. The smallest absolute Gasteiger partial charge is 0.249 e. The lowest BCUT2D eigenvalue weighted by atomic mass is 9.75. The second kappa shape index (κ2) is 7.60. The van der Waals surface area contributed by atoms with Gasteiger partial charge in [0, 0.05) is 13.2 Å². The van der Waals surface area contributed by atoms with Crippen LogP contribution in [0.2, 0.25) is 0 Å². The third-order valence-corrected chi connectivity index (χ3v) is 4.99. The van der Waals surface area contributed by atoms with E-state index in [4.69, 9.17) is 9.94 Å². The van der Waals surface area contributed by atoms with Crippen molar-refractivity contribution in [1.82, 2.24) is 5.48 Å². The van der Waals surface area contributed by atoms with Gasteiger partial charge in [-0.15, -0.1) is 0 Å². The maximum Gasteiger partial charge on any atom is 0.249 e. The Bertz CT molecular complexity index is 661. The molecule has 1 aliphatic rings. The van der Waals surface area contributed by atoms with Gasteiger partial charge in [-0.2, -0.15) is 0 Å². The number of carbonyl (C=O) groups excluding carboxylic acids is 1. The minimum atomic E-state index is -0.523. The third-order valence-electron chi connectivity index (χ3n) is 4.99. The van der Waals surface area contributed by atoms with E-state index in [9.17, 15) is 4.79 Å². The van der Waals surface area contributed by atoms with E-state index in [2.05, 4.69) is 36.4 Å². The van der Waals surface area contributed by atoms with Gasteiger partial charge in [-0.25, -0.2) is 5.48 Å².